The number of hydrogen-bond acceptors (Lipinski definition) is 3. The molecule has 0 aliphatic carbocycles. The average Bonchev–Trinajstić information content (AvgIpc) is 2.36. The molecule has 0 saturated carbocycles. The third kappa shape index (κ3) is 2.88. The quantitative estimate of drug-likeness (QED) is 0.856. The Labute approximate surface area is 115 Å². The maximum atomic E-state index is 13.4. The van der Waals surface area contributed by atoms with Crippen molar-refractivity contribution >= 4 is 21.4 Å². The van der Waals surface area contributed by atoms with Gasteiger partial charge in [0, 0.05) is 11.8 Å². The number of anilines is 2. The Morgan fingerprint density at radius 2 is 1.80 bits per heavy atom. The van der Waals surface area contributed by atoms with E-state index in [9.17, 15) is 17.2 Å². The number of sulfonamides is 1. The lowest BCUT2D eigenvalue weighted by Gasteiger charge is -2.10. The highest BCUT2D eigenvalue weighted by atomic mass is 32.2. The van der Waals surface area contributed by atoms with Crippen molar-refractivity contribution in [3.05, 3.63) is 53.6 Å². The van der Waals surface area contributed by atoms with E-state index in [2.05, 4.69) is 0 Å². The van der Waals surface area contributed by atoms with Gasteiger partial charge in [-0.05, 0) is 36.8 Å². The molecule has 0 amide bonds. The van der Waals surface area contributed by atoms with Gasteiger partial charge in [0.1, 0.15) is 11.6 Å². The molecule has 0 atom stereocenters. The summed E-state index contributed by atoms with van der Waals surface area (Å²) in [5.41, 5.74) is 6.21. The number of nitrogen functional groups attached to an aromatic ring is 1. The molecule has 7 heteroatoms. The molecule has 0 bridgehead atoms. The predicted octanol–water partition coefficient (Wildman–Crippen LogP) is 2.66. The van der Waals surface area contributed by atoms with Crippen molar-refractivity contribution in [2.45, 2.75) is 11.8 Å². The number of rotatable bonds is 3. The van der Waals surface area contributed by atoms with Crippen LogP contribution in [0.4, 0.5) is 20.2 Å². The second-order valence-corrected chi connectivity index (χ2v) is 5.93. The summed E-state index contributed by atoms with van der Waals surface area (Å²) in [6.45, 7) is 1.73. The summed E-state index contributed by atoms with van der Waals surface area (Å²) in [6.07, 6.45) is 0. The van der Waals surface area contributed by atoms with Crippen LogP contribution in [0.25, 0.3) is 0 Å². The number of hydrogen-bond donors (Lipinski definition) is 2. The molecule has 2 aromatic carbocycles. The Kier molecular flexibility index (Phi) is 3.63. The van der Waals surface area contributed by atoms with Crippen LogP contribution in [0.2, 0.25) is 0 Å². The molecule has 0 radical (unpaired) electrons. The van der Waals surface area contributed by atoms with Gasteiger partial charge in [0.15, 0.2) is 0 Å². The van der Waals surface area contributed by atoms with Gasteiger partial charge in [-0.3, -0.25) is 4.72 Å². The highest BCUT2D eigenvalue weighted by Gasteiger charge is 2.17. The van der Waals surface area contributed by atoms with Crippen molar-refractivity contribution in [3.8, 4) is 0 Å². The van der Waals surface area contributed by atoms with Crippen LogP contribution in [-0.2, 0) is 10.0 Å². The topological polar surface area (TPSA) is 72.2 Å². The van der Waals surface area contributed by atoms with E-state index >= 15 is 0 Å². The maximum absolute atomic E-state index is 13.4. The highest BCUT2D eigenvalue weighted by molar-refractivity contribution is 7.92. The third-order valence-corrected chi connectivity index (χ3v) is 4.10. The van der Waals surface area contributed by atoms with Gasteiger partial charge in [0.25, 0.3) is 10.0 Å². The lowest BCUT2D eigenvalue weighted by atomic mass is 10.2. The zero-order valence-electron chi connectivity index (χ0n) is 10.5. The van der Waals surface area contributed by atoms with Crippen LogP contribution in [0.3, 0.4) is 0 Å². The van der Waals surface area contributed by atoms with Crippen molar-refractivity contribution in [2.24, 2.45) is 0 Å². The highest BCUT2D eigenvalue weighted by Crippen LogP contribution is 2.22. The van der Waals surface area contributed by atoms with Crippen molar-refractivity contribution in [2.75, 3.05) is 10.5 Å². The molecule has 0 saturated heterocycles. The van der Waals surface area contributed by atoms with Gasteiger partial charge < -0.3 is 5.73 Å². The van der Waals surface area contributed by atoms with Crippen LogP contribution in [0, 0.1) is 18.6 Å². The van der Waals surface area contributed by atoms with E-state index in [1.807, 2.05) is 4.72 Å². The van der Waals surface area contributed by atoms with Crippen LogP contribution in [0.15, 0.2) is 41.3 Å². The summed E-state index contributed by atoms with van der Waals surface area (Å²) >= 11 is 0. The van der Waals surface area contributed by atoms with Gasteiger partial charge >= 0.3 is 0 Å². The number of halogens is 2. The first-order chi connectivity index (χ1) is 9.29. The van der Waals surface area contributed by atoms with Gasteiger partial charge in [-0.15, -0.1) is 0 Å². The molecule has 0 heterocycles. The minimum atomic E-state index is -4.03. The number of benzene rings is 2. The van der Waals surface area contributed by atoms with Crippen LogP contribution < -0.4 is 10.5 Å². The minimum Gasteiger partial charge on any atom is -0.398 e. The monoisotopic (exact) mass is 298 g/mol. The Hall–Kier alpha value is -2.15. The second-order valence-electron chi connectivity index (χ2n) is 4.25. The molecule has 0 fully saturated rings. The maximum Gasteiger partial charge on any atom is 0.262 e. The van der Waals surface area contributed by atoms with Crippen molar-refractivity contribution in [1.82, 2.24) is 0 Å². The molecule has 2 aromatic rings. The standard InChI is InChI=1S/C13H12F2N2O2S/c1-8-2-4-10(7-12(8)16)20(18,19)17-13-6-9(14)3-5-11(13)15/h2-7,17H,16H2,1H3. The number of nitrogens with two attached hydrogens (primary N) is 1. The second kappa shape index (κ2) is 5.09. The molecule has 0 aliphatic heterocycles. The molecule has 0 aromatic heterocycles. The Balaban J connectivity index is 2.40. The summed E-state index contributed by atoms with van der Waals surface area (Å²) in [5, 5.41) is 0. The van der Waals surface area contributed by atoms with Gasteiger partial charge in [-0.25, -0.2) is 17.2 Å². The summed E-state index contributed by atoms with van der Waals surface area (Å²) in [7, 11) is -4.03. The lowest BCUT2D eigenvalue weighted by molar-refractivity contribution is 0.594. The number of aryl methyl sites for hydroxylation is 1. The lowest BCUT2D eigenvalue weighted by Crippen LogP contribution is -2.14. The van der Waals surface area contributed by atoms with E-state index in [-0.39, 0.29) is 4.90 Å². The van der Waals surface area contributed by atoms with Gasteiger partial charge in [0.2, 0.25) is 0 Å². The predicted molar refractivity (Wildman–Crippen MR) is 72.8 cm³/mol. The first-order valence-electron chi connectivity index (χ1n) is 5.63. The molecule has 4 nitrogen and oxygen atoms in total. The van der Waals surface area contributed by atoms with E-state index in [1.54, 1.807) is 6.92 Å². The van der Waals surface area contributed by atoms with E-state index in [1.165, 1.54) is 18.2 Å². The largest absolute Gasteiger partial charge is 0.398 e. The molecule has 0 aliphatic rings. The van der Waals surface area contributed by atoms with Gasteiger partial charge in [0.05, 0.1) is 10.6 Å². The van der Waals surface area contributed by atoms with Crippen molar-refractivity contribution in [3.63, 3.8) is 0 Å². The smallest absolute Gasteiger partial charge is 0.262 e. The first-order valence-corrected chi connectivity index (χ1v) is 7.12. The Bertz CT molecular complexity index is 761. The summed E-state index contributed by atoms with van der Waals surface area (Å²) in [6, 6.07) is 6.64. The normalized spacial score (nSPS) is 11.3. The van der Waals surface area contributed by atoms with Gasteiger partial charge in [-0.1, -0.05) is 6.07 Å². The fraction of sp³-hybridized carbons (Fsp3) is 0.0769. The van der Waals surface area contributed by atoms with Crippen molar-refractivity contribution < 1.29 is 17.2 Å². The van der Waals surface area contributed by atoms with Crippen LogP contribution in [0.1, 0.15) is 5.56 Å². The van der Waals surface area contributed by atoms with Crippen LogP contribution in [-0.4, -0.2) is 8.42 Å². The SMILES string of the molecule is Cc1ccc(S(=O)(=O)Nc2cc(F)ccc2F)cc1N. The van der Waals surface area contributed by atoms with E-state index in [0.29, 0.717) is 5.69 Å². The third-order valence-electron chi connectivity index (χ3n) is 2.73. The molecule has 20 heavy (non-hydrogen) atoms. The summed E-state index contributed by atoms with van der Waals surface area (Å²) < 4.78 is 52.6. The van der Waals surface area contributed by atoms with Crippen molar-refractivity contribution in [1.29, 1.82) is 0 Å². The molecular weight excluding hydrogens is 286 g/mol. The fourth-order valence-corrected chi connectivity index (χ4v) is 2.66. The van der Waals surface area contributed by atoms with E-state index < -0.39 is 27.3 Å². The zero-order valence-corrected chi connectivity index (χ0v) is 11.3. The fourth-order valence-electron chi connectivity index (χ4n) is 1.57. The van der Waals surface area contributed by atoms with Gasteiger partial charge in [-0.2, -0.15) is 0 Å². The van der Waals surface area contributed by atoms with E-state index in [4.69, 9.17) is 5.73 Å². The molecule has 0 spiro atoms. The molecule has 106 valence electrons. The Morgan fingerprint density at radius 3 is 2.45 bits per heavy atom. The summed E-state index contributed by atoms with van der Waals surface area (Å²) in [5.74, 6) is -1.61. The first kappa shape index (κ1) is 14.3. The average molecular weight is 298 g/mol. The summed E-state index contributed by atoms with van der Waals surface area (Å²) in [4.78, 5) is -0.121. The van der Waals surface area contributed by atoms with Crippen LogP contribution >= 0.6 is 0 Å². The molecular formula is C13H12F2N2O2S. The molecule has 0 unspecified atom stereocenters. The minimum absolute atomic E-state index is 0.121. The van der Waals surface area contributed by atoms with Crippen LogP contribution in [0.5, 0.6) is 0 Å². The molecule has 3 N–H and O–H groups in total. The molecule has 2 rings (SSSR count). The zero-order chi connectivity index (χ0) is 14.9. The Morgan fingerprint density at radius 1 is 1.10 bits per heavy atom. The van der Waals surface area contributed by atoms with E-state index in [0.717, 1.165) is 23.8 Å². The number of nitrogens with one attached hydrogen (secondary N) is 1.